The smallest absolute Gasteiger partial charge is 0.257 e. The molecule has 0 bridgehead atoms. The first-order chi connectivity index (χ1) is 9.15. The first-order valence-electron chi connectivity index (χ1n) is 6.84. The second kappa shape index (κ2) is 4.79. The Kier molecular flexibility index (Phi) is 3.12. The number of anilines is 1. The number of carbonyl (C=O) groups excluding carboxylic acids is 1. The van der Waals surface area contributed by atoms with E-state index < -0.39 is 5.82 Å². The maximum absolute atomic E-state index is 13.9. The zero-order chi connectivity index (χ0) is 13.4. The van der Waals surface area contributed by atoms with Crippen molar-refractivity contribution in [1.29, 1.82) is 0 Å². The molecule has 1 heterocycles. The Hall–Kier alpha value is -1.65. The Morgan fingerprint density at radius 3 is 2.42 bits per heavy atom. The molecule has 1 aromatic heterocycles. The van der Waals surface area contributed by atoms with Crippen LogP contribution in [0.4, 0.5) is 10.2 Å². The number of pyridine rings is 1. The van der Waals surface area contributed by atoms with E-state index in [9.17, 15) is 9.18 Å². The van der Waals surface area contributed by atoms with E-state index in [1.807, 2.05) is 0 Å². The maximum Gasteiger partial charge on any atom is 0.257 e. The van der Waals surface area contributed by atoms with Crippen molar-refractivity contribution in [2.45, 2.75) is 25.7 Å². The Balaban J connectivity index is 1.79. The molecule has 2 N–H and O–H groups in total. The molecule has 2 aliphatic carbocycles. The molecular weight excluding hydrogens is 245 g/mol. The molecule has 3 rings (SSSR count). The van der Waals surface area contributed by atoms with Gasteiger partial charge in [-0.1, -0.05) is 0 Å². The minimum Gasteiger partial charge on any atom is -0.381 e. The molecule has 4 nitrogen and oxygen atoms in total. The molecule has 0 atom stereocenters. The molecule has 0 radical (unpaired) electrons. The highest BCUT2D eigenvalue weighted by Gasteiger charge is 2.32. The summed E-state index contributed by atoms with van der Waals surface area (Å²) in [5.74, 6) is 0.0630. The van der Waals surface area contributed by atoms with Crippen LogP contribution in [-0.2, 0) is 0 Å². The van der Waals surface area contributed by atoms with Crippen LogP contribution >= 0.6 is 0 Å². The fourth-order valence-corrected chi connectivity index (χ4v) is 2.26. The third-order valence-corrected chi connectivity index (χ3v) is 3.78. The maximum atomic E-state index is 13.9. The van der Waals surface area contributed by atoms with Gasteiger partial charge in [0.05, 0.1) is 5.56 Å². The van der Waals surface area contributed by atoms with Crippen molar-refractivity contribution >= 4 is 11.7 Å². The fraction of sp³-hybridized carbons (Fsp3) is 0.571. The normalized spacial score (nSPS) is 18.4. The number of nitrogen functional groups attached to an aromatic ring is 1. The number of rotatable bonds is 5. The van der Waals surface area contributed by atoms with Gasteiger partial charge in [0.15, 0.2) is 11.6 Å². The number of halogens is 1. The molecule has 2 aliphatic rings. The Morgan fingerprint density at radius 2 is 1.89 bits per heavy atom. The van der Waals surface area contributed by atoms with Crippen molar-refractivity contribution in [3.63, 3.8) is 0 Å². The Morgan fingerprint density at radius 1 is 1.32 bits per heavy atom. The minimum absolute atomic E-state index is 0.0498. The molecule has 0 saturated heterocycles. The van der Waals surface area contributed by atoms with E-state index in [4.69, 9.17) is 5.73 Å². The van der Waals surface area contributed by atoms with Gasteiger partial charge in [-0.15, -0.1) is 0 Å². The molecule has 0 aliphatic heterocycles. The molecule has 19 heavy (non-hydrogen) atoms. The first kappa shape index (κ1) is 12.4. The number of hydrogen-bond acceptors (Lipinski definition) is 3. The predicted octanol–water partition coefficient (Wildman–Crippen LogP) is 2.07. The lowest BCUT2D eigenvalue weighted by Gasteiger charge is -2.23. The van der Waals surface area contributed by atoms with Crippen LogP contribution < -0.4 is 5.73 Å². The number of amides is 1. The average molecular weight is 263 g/mol. The number of hydrogen-bond donors (Lipinski definition) is 1. The summed E-state index contributed by atoms with van der Waals surface area (Å²) in [4.78, 5) is 17.9. The summed E-state index contributed by atoms with van der Waals surface area (Å²) in [6.45, 7) is 1.49. The van der Waals surface area contributed by atoms with Gasteiger partial charge in [-0.2, -0.15) is 0 Å². The standard InChI is InChI=1S/C14H18FN3O/c15-12-11(5-6-17-13(12)16)14(19)18(7-9-1-2-9)8-10-3-4-10/h5-6,9-10H,1-4,7-8H2,(H2,16,17). The van der Waals surface area contributed by atoms with Crippen LogP contribution in [0.15, 0.2) is 12.3 Å². The van der Waals surface area contributed by atoms with E-state index >= 15 is 0 Å². The molecule has 2 fully saturated rings. The van der Waals surface area contributed by atoms with Crippen LogP contribution in [0.1, 0.15) is 36.0 Å². The van der Waals surface area contributed by atoms with Crippen molar-refractivity contribution in [1.82, 2.24) is 9.88 Å². The van der Waals surface area contributed by atoms with E-state index in [2.05, 4.69) is 4.98 Å². The van der Waals surface area contributed by atoms with Gasteiger partial charge in [0.25, 0.3) is 5.91 Å². The van der Waals surface area contributed by atoms with E-state index in [1.165, 1.54) is 37.9 Å². The summed E-state index contributed by atoms with van der Waals surface area (Å²) >= 11 is 0. The summed E-state index contributed by atoms with van der Waals surface area (Å²) in [7, 11) is 0. The monoisotopic (exact) mass is 263 g/mol. The molecule has 102 valence electrons. The highest BCUT2D eigenvalue weighted by Crippen LogP contribution is 2.34. The quantitative estimate of drug-likeness (QED) is 0.884. The van der Waals surface area contributed by atoms with Crippen LogP contribution in [0, 0.1) is 17.7 Å². The SMILES string of the molecule is Nc1nccc(C(=O)N(CC2CC2)CC2CC2)c1F. The van der Waals surface area contributed by atoms with Crippen LogP contribution in [0.25, 0.3) is 0 Å². The number of aromatic nitrogens is 1. The highest BCUT2D eigenvalue weighted by atomic mass is 19.1. The van der Waals surface area contributed by atoms with Gasteiger partial charge in [0.2, 0.25) is 0 Å². The van der Waals surface area contributed by atoms with Crippen molar-refractivity contribution in [3.05, 3.63) is 23.6 Å². The summed E-state index contributed by atoms with van der Waals surface area (Å²) in [6, 6.07) is 1.42. The molecular formula is C14H18FN3O. The molecule has 0 aromatic carbocycles. The fourth-order valence-electron chi connectivity index (χ4n) is 2.26. The lowest BCUT2D eigenvalue weighted by atomic mass is 10.2. The zero-order valence-electron chi connectivity index (χ0n) is 10.8. The summed E-state index contributed by atoms with van der Waals surface area (Å²) in [5.41, 5.74) is 5.48. The van der Waals surface area contributed by atoms with Crippen molar-refractivity contribution < 1.29 is 9.18 Å². The van der Waals surface area contributed by atoms with Gasteiger partial charge >= 0.3 is 0 Å². The van der Waals surface area contributed by atoms with Gasteiger partial charge in [-0.25, -0.2) is 9.37 Å². The van der Waals surface area contributed by atoms with E-state index in [-0.39, 0.29) is 17.3 Å². The molecule has 0 unspecified atom stereocenters. The Bertz CT molecular complexity index is 483. The molecule has 2 saturated carbocycles. The predicted molar refractivity (Wildman–Crippen MR) is 70.0 cm³/mol. The Labute approximate surface area is 111 Å². The molecule has 1 aromatic rings. The molecule has 5 heteroatoms. The van der Waals surface area contributed by atoms with Gasteiger partial charge in [-0.05, 0) is 43.6 Å². The third kappa shape index (κ3) is 2.85. The minimum atomic E-state index is -0.691. The summed E-state index contributed by atoms with van der Waals surface area (Å²) in [5, 5.41) is 0. The van der Waals surface area contributed by atoms with Crippen LogP contribution in [0.3, 0.4) is 0 Å². The van der Waals surface area contributed by atoms with E-state index in [1.54, 1.807) is 4.90 Å². The largest absolute Gasteiger partial charge is 0.381 e. The van der Waals surface area contributed by atoms with Gasteiger partial charge in [0.1, 0.15) is 0 Å². The lowest BCUT2D eigenvalue weighted by Crippen LogP contribution is -2.35. The summed E-state index contributed by atoms with van der Waals surface area (Å²) in [6.07, 6.45) is 6.09. The summed E-state index contributed by atoms with van der Waals surface area (Å²) < 4.78 is 13.9. The van der Waals surface area contributed by atoms with Crippen LogP contribution in [-0.4, -0.2) is 28.9 Å². The molecule has 0 spiro atoms. The number of nitrogens with zero attached hydrogens (tertiary/aromatic N) is 2. The molecule has 1 amide bonds. The second-order valence-corrected chi connectivity index (χ2v) is 5.65. The van der Waals surface area contributed by atoms with Crippen molar-refractivity contribution in [3.8, 4) is 0 Å². The van der Waals surface area contributed by atoms with Gasteiger partial charge < -0.3 is 10.6 Å². The van der Waals surface area contributed by atoms with Crippen molar-refractivity contribution in [2.24, 2.45) is 11.8 Å². The zero-order valence-corrected chi connectivity index (χ0v) is 10.8. The first-order valence-corrected chi connectivity index (χ1v) is 6.84. The number of nitrogens with two attached hydrogens (primary N) is 1. The highest BCUT2D eigenvalue weighted by molar-refractivity contribution is 5.95. The lowest BCUT2D eigenvalue weighted by molar-refractivity contribution is 0.0735. The van der Waals surface area contributed by atoms with E-state index in [0.717, 1.165) is 13.1 Å². The van der Waals surface area contributed by atoms with E-state index in [0.29, 0.717) is 11.8 Å². The van der Waals surface area contributed by atoms with Crippen molar-refractivity contribution in [2.75, 3.05) is 18.8 Å². The van der Waals surface area contributed by atoms with Gasteiger partial charge in [-0.3, -0.25) is 4.79 Å². The van der Waals surface area contributed by atoms with Crippen LogP contribution in [0.5, 0.6) is 0 Å². The van der Waals surface area contributed by atoms with Crippen LogP contribution in [0.2, 0.25) is 0 Å². The number of carbonyl (C=O) groups is 1. The second-order valence-electron chi connectivity index (χ2n) is 5.65. The third-order valence-electron chi connectivity index (χ3n) is 3.78. The van der Waals surface area contributed by atoms with Gasteiger partial charge in [0, 0.05) is 19.3 Å². The average Bonchev–Trinajstić information content (AvgIpc) is 3.26. The topological polar surface area (TPSA) is 59.2 Å².